The van der Waals surface area contributed by atoms with Gasteiger partial charge in [0, 0.05) is 12.0 Å². The van der Waals surface area contributed by atoms with Crippen molar-refractivity contribution in [1.29, 1.82) is 0 Å². The molecule has 2 amide bonds. The van der Waals surface area contributed by atoms with Gasteiger partial charge in [-0.05, 0) is 24.5 Å². The number of nitrogens with one attached hydrogen (secondary N) is 2. The lowest BCUT2D eigenvalue weighted by Gasteiger charge is -2.20. The molecule has 0 fully saturated rings. The Bertz CT molecular complexity index is 651. The standard InChI is InChI=1S/C17H24BN3O5/c1-11(2)8-15(18(24)25)20-17(23)14-9-13(21-26-14)10-19-16(22)12-6-4-3-5-7-12/h3-7,11,14-15,24-25H,8-10H2,1-2H3,(H,19,22)(H,20,23). The number of carbonyl (C=O) groups is 2. The van der Waals surface area contributed by atoms with E-state index in [1.807, 2.05) is 19.9 Å². The van der Waals surface area contributed by atoms with Gasteiger partial charge in [0.25, 0.3) is 11.8 Å². The molecule has 1 aliphatic heterocycles. The fourth-order valence-electron chi connectivity index (χ4n) is 2.58. The Morgan fingerprint density at radius 3 is 2.62 bits per heavy atom. The van der Waals surface area contributed by atoms with Crippen LogP contribution in [0.2, 0.25) is 0 Å². The maximum atomic E-state index is 12.2. The third kappa shape index (κ3) is 5.85. The molecule has 9 heteroatoms. The Kier molecular flexibility index (Phi) is 7.17. The van der Waals surface area contributed by atoms with Crippen molar-refractivity contribution < 1.29 is 24.5 Å². The van der Waals surface area contributed by atoms with Gasteiger partial charge in [-0.3, -0.25) is 9.59 Å². The Morgan fingerprint density at radius 1 is 1.31 bits per heavy atom. The van der Waals surface area contributed by atoms with E-state index in [0.717, 1.165) is 0 Å². The maximum absolute atomic E-state index is 12.2. The lowest BCUT2D eigenvalue weighted by molar-refractivity contribution is -0.131. The van der Waals surface area contributed by atoms with Gasteiger partial charge in [-0.1, -0.05) is 37.2 Å². The van der Waals surface area contributed by atoms with Gasteiger partial charge < -0.3 is 25.5 Å². The summed E-state index contributed by atoms with van der Waals surface area (Å²) < 4.78 is 0. The predicted octanol–water partition coefficient (Wildman–Crippen LogP) is 0.104. The molecule has 140 valence electrons. The summed E-state index contributed by atoms with van der Waals surface area (Å²) in [6.45, 7) is 4.02. The van der Waals surface area contributed by atoms with Crippen LogP contribution in [0, 0.1) is 5.92 Å². The first-order chi connectivity index (χ1) is 12.4. The minimum absolute atomic E-state index is 0.176. The molecule has 2 rings (SSSR count). The first-order valence-corrected chi connectivity index (χ1v) is 8.58. The van der Waals surface area contributed by atoms with Crippen molar-refractivity contribution in [2.75, 3.05) is 6.54 Å². The minimum atomic E-state index is -1.65. The van der Waals surface area contributed by atoms with Crippen LogP contribution in [-0.4, -0.2) is 53.3 Å². The highest BCUT2D eigenvalue weighted by Gasteiger charge is 2.33. The summed E-state index contributed by atoms with van der Waals surface area (Å²) in [7, 11) is -1.65. The number of oxime groups is 1. The van der Waals surface area contributed by atoms with Crippen LogP contribution in [-0.2, 0) is 9.63 Å². The zero-order valence-electron chi connectivity index (χ0n) is 14.9. The molecule has 0 bridgehead atoms. The normalized spacial score (nSPS) is 17.3. The maximum Gasteiger partial charge on any atom is 0.475 e. The molecular formula is C17H24BN3O5. The van der Waals surface area contributed by atoms with Crippen molar-refractivity contribution in [2.24, 2.45) is 11.1 Å². The van der Waals surface area contributed by atoms with Crippen LogP contribution >= 0.6 is 0 Å². The van der Waals surface area contributed by atoms with Gasteiger partial charge >= 0.3 is 7.12 Å². The molecule has 2 unspecified atom stereocenters. The van der Waals surface area contributed by atoms with Crippen LogP contribution in [0.15, 0.2) is 35.5 Å². The fraction of sp³-hybridized carbons (Fsp3) is 0.471. The van der Waals surface area contributed by atoms with Gasteiger partial charge in [0.2, 0.25) is 6.10 Å². The van der Waals surface area contributed by atoms with Crippen LogP contribution in [0.4, 0.5) is 0 Å². The van der Waals surface area contributed by atoms with Crippen molar-refractivity contribution in [2.45, 2.75) is 38.7 Å². The van der Waals surface area contributed by atoms with E-state index in [2.05, 4.69) is 15.8 Å². The molecule has 0 saturated heterocycles. The molecule has 0 spiro atoms. The third-order valence-corrected chi connectivity index (χ3v) is 3.92. The second-order valence-electron chi connectivity index (χ2n) is 6.66. The van der Waals surface area contributed by atoms with Crippen molar-refractivity contribution >= 4 is 24.6 Å². The molecule has 1 aromatic carbocycles. The highest BCUT2D eigenvalue weighted by molar-refractivity contribution is 6.43. The third-order valence-electron chi connectivity index (χ3n) is 3.92. The molecule has 0 aromatic heterocycles. The van der Waals surface area contributed by atoms with Crippen LogP contribution in [0.25, 0.3) is 0 Å². The van der Waals surface area contributed by atoms with Gasteiger partial charge in [0.1, 0.15) is 0 Å². The second-order valence-corrected chi connectivity index (χ2v) is 6.66. The fourth-order valence-corrected chi connectivity index (χ4v) is 2.58. The van der Waals surface area contributed by atoms with E-state index in [9.17, 15) is 19.6 Å². The van der Waals surface area contributed by atoms with Crippen molar-refractivity contribution in [3.05, 3.63) is 35.9 Å². The van der Waals surface area contributed by atoms with Gasteiger partial charge in [-0.15, -0.1) is 0 Å². The van der Waals surface area contributed by atoms with E-state index < -0.39 is 25.1 Å². The average Bonchev–Trinajstić information content (AvgIpc) is 3.08. The van der Waals surface area contributed by atoms with Crippen molar-refractivity contribution in [1.82, 2.24) is 10.6 Å². The van der Waals surface area contributed by atoms with E-state index in [4.69, 9.17) is 4.84 Å². The summed E-state index contributed by atoms with van der Waals surface area (Å²) in [5, 5.41) is 27.9. The number of nitrogens with zero attached hydrogens (tertiary/aromatic N) is 1. The van der Waals surface area contributed by atoms with Crippen LogP contribution in [0.1, 0.15) is 37.0 Å². The Hall–Kier alpha value is -2.39. The quantitative estimate of drug-likeness (QED) is 0.490. The smallest absolute Gasteiger partial charge is 0.426 e. The van der Waals surface area contributed by atoms with Gasteiger partial charge in [-0.25, -0.2) is 0 Å². The van der Waals surface area contributed by atoms with Crippen molar-refractivity contribution in [3.63, 3.8) is 0 Å². The molecule has 26 heavy (non-hydrogen) atoms. The summed E-state index contributed by atoms with van der Waals surface area (Å²) in [5.41, 5.74) is 1.08. The highest BCUT2D eigenvalue weighted by atomic mass is 16.6. The molecule has 1 heterocycles. The lowest BCUT2D eigenvalue weighted by Crippen LogP contribution is -2.50. The average molecular weight is 361 g/mol. The Labute approximate surface area is 152 Å². The molecule has 0 radical (unpaired) electrons. The predicted molar refractivity (Wildman–Crippen MR) is 97.3 cm³/mol. The van der Waals surface area contributed by atoms with Crippen LogP contribution in [0.3, 0.4) is 0 Å². The zero-order chi connectivity index (χ0) is 19.1. The summed E-state index contributed by atoms with van der Waals surface area (Å²) in [6.07, 6.45) is -0.180. The van der Waals surface area contributed by atoms with Gasteiger partial charge in [0.05, 0.1) is 18.2 Å². The zero-order valence-corrected chi connectivity index (χ0v) is 14.9. The number of carbonyl (C=O) groups excluding carboxylic acids is 2. The van der Waals surface area contributed by atoms with Gasteiger partial charge in [0.15, 0.2) is 0 Å². The Morgan fingerprint density at radius 2 is 2.00 bits per heavy atom. The molecule has 0 aliphatic carbocycles. The minimum Gasteiger partial charge on any atom is -0.426 e. The van der Waals surface area contributed by atoms with Crippen LogP contribution < -0.4 is 10.6 Å². The first-order valence-electron chi connectivity index (χ1n) is 8.58. The lowest BCUT2D eigenvalue weighted by atomic mass is 9.75. The van der Waals surface area contributed by atoms with E-state index in [1.165, 1.54) is 0 Å². The van der Waals surface area contributed by atoms with E-state index in [-0.39, 0.29) is 24.8 Å². The molecular weight excluding hydrogens is 337 g/mol. The van der Waals surface area contributed by atoms with E-state index in [1.54, 1.807) is 24.3 Å². The summed E-state index contributed by atoms with van der Waals surface area (Å²) in [5.74, 6) is -1.28. The molecule has 4 N–H and O–H groups in total. The summed E-state index contributed by atoms with van der Waals surface area (Å²) in [4.78, 5) is 29.3. The van der Waals surface area contributed by atoms with Crippen molar-refractivity contribution in [3.8, 4) is 0 Å². The number of hydrogen-bond donors (Lipinski definition) is 4. The van der Waals surface area contributed by atoms with E-state index >= 15 is 0 Å². The second kappa shape index (κ2) is 9.35. The first kappa shape index (κ1) is 19.9. The van der Waals surface area contributed by atoms with Gasteiger partial charge in [-0.2, -0.15) is 0 Å². The van der Waals surface area contributed by atoms with E-state index in [0.29, 0.717) is 17.7 Å². The largest absolute Gasteiger partial charge is 0.475 e. The molecule has 2 atom stereocenters. The highest BCUT2D eigenvalue weighted by Crippen LogP contribution is 2.12. The Balaban J connectivity index is 1.79. The topological polar surface area (TPSA) is 120 Å². The monoisotopic (exact) mass is 361 g/mol. The molecule has 1 aliphatic rings. The number of hydrogen-bond acceptors (Lipinski definition) is 6. The number of amides is 2. The molecule has 8 nitrogen and oxygen atoms in total. The molecule has 0 saturated carbocycles. The van der Waals surface area contributed by atoms with Crippen LogP contribution in [0.5, 0.6) is 0 Å². The summed E-state index contributed by atoms with van der Waals surface area (Å²) in [6, 6.07) is 8.77. The summed E-state index contributed by atoms with van der Waals surface area (Å²) >= 11 is 0. The molecule has 1 aromatic rings. The number of rotatable bonds is 8. The SMILES string of the molecule is CC(C)CC(NC(=O)C1CC(CNC(=O)c2ccccc2)=NO1)B(O)O. The number of benzene rings is 1.